The summed E-state index contributed by atoms with van der Waals surface area (Å²) in [6, 6.07) is 6.81. The van der Waals surface area contributed by atoms with Crippen LogP contribution in [-0.4, -0.2) is 26.8 Å². The number of alkyl carbamates (subject to hydrolysis) is 1. The average Bonchev–Trinajstić information content (AvgIpc) is 2.76. The van der Waals surface area contributed by atoms with Crippen LogP contribution in [0.4, 0.5) is 10.5 Å². The molecule has 1 heterocycles. The lowest BCUT2D eigenvalue weighted by Gasteiger charge is -2.10. The number of ether oxygens (including phenoxy) is 1. The summed E-state index contributed by atoms with van der Waals surface area (Å²) in [5, 5.41) is 2.57. The van der Waals surface area contributed by atoms with E-state index < -0.39 is 16.1 Å². The number of hydrogen-bond donors (Lipinski definition) is 2. The average molecular weight is 284 g/mol. The number of hydrogen-bond acceptors (Lipinski definition) is 4. The van der Waals surface area contributed by atoms with Crippen molar-refractivity contribution in [3.8, 4) is 0 Å². The highest BCUT2D eigenvalue weighted by Crippen LogP contribution is 2.22. The second-order valence-corrected chi connectivity index (χ2v) is 6.16. The summed E-state index contributed by atoms with van der Waals surface area (Å²) in [5.74, 6) is 0.0961. The van der Waals surface area contributed by atoms with Gasteiger partial charge in [0.1, 0.15) is 6.10 Å². The van der Waals surface area contributed by atoms with Crippen molar-refractivity contribution in [2.24, 2.45) is 0 Å². The molecule has 1 saturated heterocycles. The van der Waals surface area contributed by atoms with Crippen molar-refractivity contribution in [2.45, 2.75) is 19.4 Å². The van der Waals surface area contributed by atoms with Crippen molar-refractivity contribution in [1.82, 2.24) is 5.32 Å². The SMILES string of the molecule is CCCS(=O)(=O)Nc1ccc(C2CNC(=O)O2)cc1. The number of amides is 1. The standard InChI is InChI=1S/C12H16N2O4S/c1-2-7-19(16,17)14-10-5-3-9(4-6-10)11-8-13-12(15)18-11/h3-6,11,14H,2,7-8H2,1H3,(H,13,15). The lowest BCUT2D eigenvalue weighted by atomic mass is 10.1. The Morgan fingerprint density at radius 3 is 2.58 bits per heavy atom. The molecule has 0 spiro atoms. The number of cyclic esters (lactones) is 1. The van der Waals surface area contributed by atoms with E-state index in [1.807, 2.05) is 6.92 Å². The summed E-state index contributed by atoms with van der Waals surface area (Å²) in [5.41, 5.74) is 1.34. The molecule has 1 aromatic carbocycles. The quantitative estimate of drug-likeness (QED) is 0.860. The largest absolute Gasteiger partial charge is 0.439 e. The van der Waals surface area contributed by atoms with Crippen molar-refractivity contribution >= 4 is 21.8 Å². The van der Waals surface area contributed by atoms with Gasteiger partial charge in [-0.1, -0.05) is 19.1 Å². The first kappa shape index (κ1) is 13.7. The van der Waals surface area contributed by atoms with E-state index in [1.54, 1.807) is 24.3 Å². The maximum absolute atomic E-state index is 11.6. The first-order valence-electron chi connectivity index (χ1n) is 6.05. The fraction of sp³-hybridized carbons (Fsp3) is 0.417. The molecule has 0 radical (unpaired) electrons. The van der Waals surface area contributed by atoms with Crippen LogP contribution in [0, 0.1) is 0 Å². The molecule has 1 unspecified atom stereocenters. The Balaban J connectivity index is 2.04. The maximum atomic E-state index is 11.6. The molecule has 0 saturated carbocycles. The van der Waals surface area contributed by atoms with Crippen molar-refractivity contribution in [3.05, 3.63) is 29.8 Å². The Morgan fingerprint density at radius 2 is 2.05 bits per heavy atom. The molecular formula is C12H16N2O4S. The summed E-state index contributed by atoms with van der Waals surface area (Å²) in [6.45, 7) is 2.24. The summed E-state index contributed by atoms with van der Waals surface area (Å²) in [4.78, 5) is 10.9. The Labute approximate surface area is 112 Å². The van der Waals surface area contributed by atoms with Crippen molar-refractivity contribution in [2.75, 3.05) is 17.0 Å². The van der Waals surface area contributed by atoms with Gasteiger partial charge >= 0.3 is 6.09 Å². The summed E-state index contributed by atoms with van der Waals surface area (Å²) in [6.07, 6.45) is -0.177. The van der Waals surface area contributed by atoms with Gasteiger partial charge in [0.25, 0.3) is 0 Å². The van der Waals surface area contributed by atoms with E-state index in [4.69, 9.17) is 4.74 Å². The normalized spacial score (nSPS) is 18.8. The Hall–Kier alpha value is -1.76. The molecule has 1 aliphatic heterocycles. The van der Waals surface area contributed by atoms with Crippen LogP contribution in [0.3, 0.4) is 0 Å². The zero-order chi connectivity index (χ0) is 13.9. The van der Waals surface area contributed by atoms with Gasteiger partial charge in [0, 0.05) is 5.69 Å². The molecule has 0 aliphatic carbocycles. The minimum Gasteiger partial charge on any atom is -0.439 e. The molecule has 7 heteroatoms. The van der Waals surface area contributed by atoms with Crippen LogP contribution in [0.5, 0.6) is 0 Å². The minimum atomic E-state index is -3.27. The van der Waals surface area contributed by atoms with E-state index in [0.717, 1.165) is 5.56 Å². The number of rotatable bonds is 5. The van der Waals surface area contributed by atoms with Crippen LogP contribution in [0.25, 0.3) is 0 Å². The van der Waals surface area contributed by atoms with E-state index in [-0.39, 0.29) is 11.9 Å². The fourth-order valence-electron chi connectivity index (χ4n) is 1.84. The summed E-state index contributed by atoms with van der Waals surface area (Å²) in [7, 11) is -3.27. The molecule has 1 aromatic rings. The highest BCUT2D eigenvalue weighted by molar-refractivity contribution is 7.92. The van der Waals surface area contributed by atoms with E-state index in [9.17, 15) is 13.2 Å². The number of nitrogens with one attached hydrogen (secondary N) is 2. The predicted octanol–water partition coefficient (Wildman–Crippen LogP) is 1.62. The second kappa shape index (κ2) is 5.48. The molecule has 6 nitrogen and oxygen atoms in total. The fourth-order valence-corrected chi connectivity index (χ4v) is 2.97. The van der Waals surface area contributed by atoms with E-state index >= 15 is 0 Å². The zero-order valence-electron chi connectivity index (χ0n) is 10.5. The number of sulfonamides is 1. The van der Waals surface area contributed by atoms with Crippen molar-refractivity contribution in [3.63, 3.8) is 0 Å². The molecular weight excluding hydrogens is 268 g/mol. The zero-order valence-corrected chi connectivity index (χ0v) is 11.4. The molecule has 1 aliphatic rings. The van der Waals surface area contributed by atoms with E-state index in [0.29, 0.717) is 18.7 Å². The maximum Gasteiger partial charge on any atom is 0.407 e. The van der Waals surface area contributed by atoms with Crippen LogP contribution < -0.4 is 10.0 Å². The Morgan fingerprint density at radius 1 is 1.37 bits per heavy atom. The molecule has 2 rings (SSSR count). The molecule has 1 amide bonds. The molecule has 1 atom stereocenters. The van der Waals surface area contributed by atoms with Gasteiger partial charge in [0.15, 0.2) is 0 Å². The van der Waals surface area contributed by atoms with Gasteiger partial charge in [-0.25, -0.2) is 13.2 Å². The number of carbonyl (C=O) groups excluding carboxylic acids is 1. The number of benzene rings is 1. The minimum absolute atomic E-state index is 0.0961. The predicted molar refractivity (Wildman–Crippen MR) is 71.4 cm³/mol. The van der Waals surface area contributed by atoms with Crippen LogP contribution in [0.2, 0.25) is 0 Å². The third-order valence-corrected chi connectivity index (χ3v) is 4.20. The van der Waals surface area contributed by atoms with Gasteiger partial charge in [-0.05, 0) is 24.1 Å². The van der Waals surface area contributed by atoms with E-state index in [1.165, 1.54) is 0 Å². The van der Waals surface area contributed by atoms with Gasteiger partial charge in [-0.3, -0.25) is 4.72 Å². The van der Waals surface area contributed by atoms with Crippen molar-refractivity contribution in [1.29, 1.82) is 0 Å². The highest BCUT2D eigenvalue weighted by Gasteiger charge is 2.23. The van der Waals surface area contributed by atoms with Crippen LogP contribution in [-0.2, 0) is 14.8 Å². The van der Waals surface area contributed by atoms with Gasteiger partial charge in [-0.2, -0.15) is 0 Å². The van der Waals surface area contributed by atoms with Crippen LogP contribution in [0.15, 0.2) is 24.3 Å². The van der Waals surface area contributed by atoms with Gasteiger partial charge in [-0.15, -0.1) is 0 Å². The first-order valence-corrected chi connectivity index (χ1v) is 7.70. The molecule has 1 fully saturated rings. The van der Waals surface area contributed by atoms with Gasteiger partial charge in [0.2, 0.25) is 10.0 Å². The third-order valence-electron chi connectivity index (χ3n) is 2.71. The van der Waals surface area contributed by atoms with Crippen LogP contribution in [0.1, 0.15) is 25.0 Å². The summed E-state index contributed by atoms with van der Waals surface area (Å²) < 4.78 is 30.7. The smallest absolute Gasteiger partial charge is 0.407 e. The van der Waals surface area contributed by atoms with Crippen molar-refractivity contribution < 1.29 is 17.9 Å². The molecule has 19 heavy (non-hydrogen) atoms. The molecule has 2 N–H and O–H groups in total. The number of anilines is 1. The van der Waals surface area contributed by atoms with E-state index in [2.05, 4.69) is 10.0 Å². The lowest BCUT2D eigenvalue weighted by Crippen LogP contribution is -2.16. The second-order valence-electron chi connectivity index (χ2n) is 4.32. The first-order chi connectivity index (χ1) is 9.00. The molecule has 104 valence electrons. The topological polar surface area (TPSA) is 84.5 Å². The highest BCUT2D eigenvalue weighted by atomic mass is 32.2. The Bertz CT molecular complexity index is 554. The summed E-state index contributed by atoms with van der Waals surface area (Å²) >= 11 is 0. The van der Waals surface area contributed by atoms with Crippen LogP contribution >= 0.6 is 0 Å². The van der Waals surface area contributed by atoms with Gasteiger partial charge in [0.05, 0.1) is 12.3 Å². The molecule has 0 aromatic heterocycles. The number of carbonyl (C=O) groups is 1. The Kier molecular flexibility index (Phi) is 3.94. The van der Waals surface area contributed by atoms with Gasteiger partial charge < -0.3 is 10.1 Å². The lowest BCUT2D eigenvalue weighted by molar-refractivity contribution is 0.141. The monoisotopic (exact) mass is 284 g/mol. The third kappa shape index (κ3) is 3.60. The molecule has 0 bridgehead atoms.